The van der Waals surface area contributed by atoms with Gasteiger partial charge in [-0.15, -0.1) is 0 Å². The molecule has 5 heterocycles. The van der Waals surface area contributed by atoms with E-state index in [2.05, 4.69) is 27.1 Å². The highest BCUT2D eigenvalue weighted by Gasteiger charge is 2.30. The minimum absolute atomic E-state index is 0.0237. The van der Waals surface area contributed by atoms with Crippen LogP contribution in [0.25, 0.3) is 124 Å². The molecule has 320 valence electrons. The Morgan fingerprint density at radius 3 is 1.30 bits per heavy atom. The van der Waals surface area contributed by atoms with Crippen molar-refractivity contribution < 1.29 is 22.0 Å². The third-order valence-corrected chi connectivity index (χ3v) is 12.0. The number of aromatic amines is 2. The molecular formula is C55H30F5N7. The predicted molar refractivity (Wildman–Crippen MR) is 252 cm³/mol. The monoisotopic (exact) mass is 883 g/mol. The fourth-order valence-electron chi connectivity index (χ4n) is 8.91. The first-order valence-corrected chi connectivity index (χ1v) is 21.2. The summed E-state index contributed by atoms with van der Waals surface area (Å²) in [6.07, 6.45) is 2.91. The van der Waals surface area contributed by atoms with Gasteiger partial charge in [0.2, 0.25) is 5.82 Å². The summed E-state index contributed by atoms with van der Waals surface area (Å²) in [6, 6.07) is 51.0. The van der Waals surface area contributed by atoms with Crippen molar-refractivity contribution in [1.29, 1.82) is 0 Å². The van der Waals surface area contributed by atoms with Crippen LogP contribution >= 0.6 is 0 Å². The van der Waals surface area contributed by atoms with Crippen molar-refractivity contribution >= 4 is 45.4 Å². The normalized spacial score (nSPS) is 11.9. The van der Waals surface area contributed by atoms with E-state index in [1.54, 1.807) is 0 Å². The molecule has 0 fully saturated rings. The SMILES string of the molecule is Fc1c(F)c(F)c(-c2c3nc(nc4[nH]c(nc5nc(nc6ccc2[nH]6)-c2cc(-c6ccccc6)c(-c6ccccc6)cc2-5)c2cc(-c5ccccc5)c(-c5ccccc5)cc42)C=C3)c(F)c1F. The van der Waals surface area contributed by atoms with Gasteiger partial charge in [-0.25, -0.2) is 46.9 Å². The summed E-state index contributed by atoms with van der Waals surface area (Å²) in [5, 5.41) is 1.37. The second kappa shape index (κ2) is 15.7. The number of halogens is 5. The second-order valence-corrected chi connectivity index (χ2v) is 16.0. The van der Waals surface area contributed by atoms with E-state index in [1.165, 1.54) is 24.3 Å². The average Bonchev–Trinajstić information content (AvgIpc) is 4.18. The number of rotatable bonds is 5. The molecule has 12 heteroatoms. The molecule has 7 nitrogen and oxygen atoms in total. The van der Waals surface area contributed by atoms with Crippen molar-refractivity contribution in [2.24, 2.45) is 0 Å². The second-order valence-electron chi connectivity index (χ2n) is 16.0. The smallest absolute Gasteiger partial charge is 0.200 e. The molecule has 2 N–H and O–H groups in total. The maximum absolute atomic E-state index is 15.9. The van der Waals surface area contributed by atoms with Gasteiger partial charge < -0.3 is 9.97 Å². The third-order valence-electron chi connectivity index (χ3n) is 12.0. The van der Waals surface area contributed by atoms with E-state index in [-0.39, 0.29) is 28.5 Å². The standard InChI is InChI=1S/C55H30F5N7/c56-47-46(48(57)50(59)51(60)49(47)58)45-41-21-23-43(61-41)63-52-37-25-33(29-13-5-1-6-14-29)35(31-17-9-3-10-18-31)27-39(37)54(65-52)67-55-40-28-36(32-19-11-4-12-20-32)34(30-15-7-2-8-16-30)26-38(40)53(66-55)64-44-24-22-42(45)62-44/h1-28H,(H2,61,62,63,64,65,66,67). The lowest BCUT2D eigenvalue weighted by atomic mass is 9.90. The van der Waals surface area contributed by atoms with Gasteiger partial charge in [0.05, 0.1) is 16.8 Å². The van der Waals surface area contributed by atoms with Gasteiger partial charge in [-0.05, 0) is 93.1 Å². The number of H-pyrrole nitrogens is 2. The van der Waals surface area contributed by atoms with Crippen molar-refractivity contribution in [2.45, 2.75) is 0 Å². The molecule has 2 aliphatic rings. The van der Waals surface area contributed by atoms with Gasteiger partial charge >= 0.3 is 0 Å². The zero-order valence-electron chi connectivity index (χ0n) is 34.8. The van der Waals surface area contributed by atoms with Crippen LogP contribution in [0.1, 0.15) is 11.5 Å². The Balaban J connectivity index is 1.24. The third kappa shape index (κ3) is 6.68. The summed E-state index contributed by atoms with van der Waals surface area (Å²) in [6.45, 7) is 0. The quantitative estimate of drug-likeness (QED) is 0.102. The zero-order valence-corrected chi connectivity index (χ0v) is 34.8. The molecule has 0 atom stereocenters. The van der Waals surface area contributed by atoms with Gasteiger partial charge in [0.25, 0.3) is 0 Å². The number of nitrogens with one attached hydrogen (secondary N) is 2. The fourth-order valence-corrected chi connectivity index (χ4v) is 8.91. The Morgan fingerprint density at radius 2 is 0.791 bits per heavy atom. The van der Waals surface area contributed by atoms with Crippen molar-refractivity contribution in [3.05, 3.63) is 198 Å². The van der Waals surface area contributed by atoms with E-state index in [9.17, 15) is 4.39 Å². The Labute approximate surface area is 377 Å². The van der Waals surface area contributed by atoms with Crippen molar-refractivity contribution in [2.75, 3.05) is 0 Å². The first-order chi connectivity index (χ1) is 32.8. The molecule has 0 aliphatic carbocycles. The van der Waals surface area contributed by atoms with Crippen LogP contribution < -0.4 is 0 Å². The van der Waals surface area contributed by atoms with Gasteiger partial charge in [-0.3, -0.25) is 0 Å². The molecule has 8 bridgehead atoms. The molecule has 67 heavy (non-hydrogen) atoms. The minimum Gasteiger partial charge on any atom is -0.340 e. The number of fused-ring (bicyclic) bond motifs is 14. The summed E-state index contributed by atoms with van der Waals surface area (Å²) in [7, 11) is 0. The van der Waals surface area contributed by atoms with E-state index in [0.717, 1.165) is 44.5 Å². The topological polar surface area (TPSA) is 96.0 Å². The summed E-state index contributed by atoms with van der Waals surface area (Å²) < 4.78 is 76.2. The fraction of sp³-hybridized carbons (Fsp3) is 0. The number of hydrogen-bond donors (Lipinski definition) is 2. The van der Waals surface area contributed by atoms with E-state index in [4.69, 9.17) is 19.9 Å². The van der Waals surface area contributed by atoms with Crippen LogP contribution in [0.15, 0.2) is 158 Å². The van der Waals surface area contributed by atoms with Gasteiger partial charge in [-0.1, -0.05) is 121 Å². The summed E-state index contributed by atoms with van der Waals surface area (Å²) in [5.74, 6) is -9.81. The average molecular weight is 884 g/mol. The Morgan fingerprint density at radius 1 is 0.343 bits per heavy atom. The zero-order chi connectivity index (χ0) is 45.3. The van der Waals surface area contributed by atoms with Crippen LogP contribution in [-0.4, -0.2) is 34.9 Å². The highest BCUT2D eigenvalue weighted by Crippen LogP contribution is 2.44. The van der Waals surface area contributed by atoms with Crippen LogP contribution in [0.3, 0.4) is 0 Å². The van der Waals surface area contributed by atoms with E-state index < -0.39 is 40.2 Å². The lowest BCUT2D eigenvalue weighted by molar-refractivity contribution is 0.381. The molecule has 7 aromatic carbocycles. The minimum atomic E-state index is -2.28. The van der Waals surface area contributed by atoms with Crippen LogP contribution in [0.5, 0.6) is 0 Å². The van der Waals surface area contributed by atoms with Crippen molar-refractivity contribution in [1.82, 2.24) is 34.9 Å². The maximum Gasteiger partial charge on any atom is 0.200 e. The lowest BCUT2D eigenvalue weighted by Gasteiger charge is -2.13. The molecule has 0 saturated heterocycles. The number of nitrogens with zero attached hydrogens (tertiary/aromatic N) is 5. The summed E-state index contributed by atoms with van der Waals surface area (Å²) >= 11 is 0. The van der Waals surface area contributed by atoms with Crippen LogP contribution in [0, 0.1) is 29.1 Å². The summed E-state index contributed by atoms with van der Waals surface area (Å²) in [4.78, 5) is 31.3. The van der Waals surface area contributed by atoms with Crippen LogP contribution in [0.2, 0.25) is 0 Å². The van der Waals surface area contributed by atoms with Crippen molar-refractivity contribution in [3.8, 4) is 78.4 Å². The van der Waals surface area contributed by atoms with E-state index in [1.807, 2.05) is 133 Å². The highest BCUT2D eigenvalue weighted by atomic mass is 19.2. The Bertz CT molecular complexity index is 3830. The molecule has 0 radical (unpaired) electrons. The van der Waals surface area contributed by atoms with Crippen LogP contribution in [-0.2, 0) is 0 Å². The number of aromatic nitrogens is 7. The van der Waals surface area contributed by atoms with E-state index in [0.29, 0.717) is 39.0 Å². The molecule has 3 aromatic heterocycles. The van der Waals surface area contributed by atoms with Crippen molar-refractivity contribution in [3.63, 3.8) is 0 Å². The lowest BCUT2D eigenvalue weighted by Crippen LogP contribution is -2.05. The van der Waals surface area contributed by atoms with Gasteiger partial charge in [0.15, 0.2) is 40.7 Å². The largest absolute Gasteiger partial charge is 0.340 e. The maximum atomic E-state index is 15.9. The number of benzene rings is 7. The summed E-state index contributed by atoms with van der Waals surface area (Å²) in [5.41, 5.74) is 8.07. The highest BCUT2D eigenvalue weighted by molar-refractivity contribution is 6.10. The number of hydrogen-bond acceptors (Lipinski definition) is 5. The van der Waals surface area contributed by atoms with Gasteiger partial charge in [-0.2, -0.15) is 0 Å². The molecule has 10 aromatic rings. The van der Waals surface area contributed by atoms with E-state index >= 15 is 17.6 Å². The first kappa shape index (κ1) is 39.7. The predicted octanol–water partition coefficient (Wildman–Crippen LogP) is 14.2. The molecule has 2 aliphatic heterocycles. The molecule has 0 unspecified atom stereocenters. The Hall–Kier alpha value is -8.90. The van der Waals surface area contributed by atoms with Crippen LogP contribution in [0.4, 0.5) is 22.0 Å². The molecule has 12 rings (SSSR count). The first-order valence-electron chi connectivity index (χ1n) is 21.2. The Kier molecular flexibility index (Phi) is 9.28. The molecular weight excluding hydrogens is 854 g/mol. The van der Waals surface area contributed by atoms with Gasteiger partial charge in [0, 0.05) is 27.5 Å². The molecule has 0 saturated carbocycles. The molecule has 0 amide bonds. The molecule has 0 spiro atoms. The van der Waals surface area contributed by atoms with Gasteiger partial charge in [0.1, 0.15) is 16.9 Å².